The molecule has 0 atom stereocenters. The van der Waals surface area contributed by atoms with E-state index in [4.69, 9.17) is 21.9 Å². The van der Waals surface area contributed by atoms with Crippen LogP contribution in [-0.4, -0.2) is 15.7 Å². The van der Waals surface area contributed by atoms with Crippen LogP contribution in [0.5, 0.6) is 5.75 Å². The molecule has 0 aliphatic heterocycles. The van der Waals surface area contributed by atoms with Crippen molar-refractivity contribution in [1.82, 2.24) is 0 Å². The molecule has 0 heterocycles. The minimum Gasteiger partial charge on any atom is -0.403 e. The lowest BCUT2D eigenvalue weighted by molar-refractivity contribution is 0.0999. The standard InChI is InChI=1S/C18H15ClNO5P/c1-10-8-12(19)6-7-13(10)16-14-5-3-2-4-11(14)9-15(17(16)18(20)21)25-26(22,23)24/h2-9H,1H3,(H2,20,21)(H2,22,23,24). The largest absolute Gasteiger partial charge is 0.524 e. The molecule has 8 heteroatoms. The van der Waals surface area contributed by atoms with Gasteiger partial charge in [0.05, 0.1) is 5.56 Å². The van der Waals surface area contributed by atoms with Crippen LogP contribution in [0.15, 0.2) is 48.5 Å². The Morgan fingerprint density at radius 1 is 1.15 bits per heavy atom. The third-order valence-corrected chi connectivity index (χ3v) is 4.60. The quantitative estimate of drug-likeness (QED) is 0.581. The lowest BCUT2D eigenvalue weighted by Crippen LogP contribution is -2.15. The number of hydrogen-bond acceptors (Lipinski definition) is 3. The first-order chi connectivity index (χ1) is 12.2. The average Bonchev–Trinajstić information content (AvgIpc) is 2.52. The average molecular weight is 392 g/mol. The van der Waals surface area contributed by atoms with E-state index in [1.54, 1.807) is 42.5 Å². The van der Waals surface area contributed by atoms with Gasteiger partial charge < -0.3 is 10.3 Å². The number of phosphoric ester groups is 1. The predicted molar refractivity (Wildman–Crippen MR) is 100 cm³/mol. The number of amides is 1. The number of benzene rings is 3. The van der Waals surface area contributed by atoms with Crippen LogP contribution in [0.4, 0.5) is 0 Å². The summed E-state index contributed by atoms with van der Waals surface area (Å²) in [5, 5.41) is 1.87. The van der Waals surface area contributed by atoms with Crippen molar-refractivity contribution >= 4 is 36.1 Å². The molecule has 134 valence electrons. The number of carbonyl (C=O) groups excluding carboxylic acids is 1. The number of nitrogens with two attached hydrogens (primary N) is 1. The molecule has 0 radical (unpaired) electrons. The molecule has 6 nitrogen and oxygen atoms in total. The third kappa shape index (κ3) is 3.59. The molecule has 0 saturated carbocycles. The van der Waals surface area contributed by atoms with E-state index in [1.165, 1.54) is 6.07 Å². The van der Waals surface area contributed by atoms with Crippen molar-refractivity contribution in [2.75, 3.05) is 0 Å². The highest BCUT2D eigenvalue weighted by Gasteiger charge is 2.26. The molecule has 3 aromatic rings. The maximum atomic E-state index is 12.2. The predicted octanol–water partition coefficient (Wildman–Crippen LogP) is 4.04. The van der Waals surface area contributed by atoms with E-state index in [2.05, 4.69) is 0 Å². The van der Waals surface area contributed by atoms with Gasteiger partial charge in [0.2, 0.25) is 0 Å². The van der Waals surface area contributed by atoms with Gasteiger partial charge in [-0.05, 0) is 47.0 Å². The number of carbonyl (C=O) groups is 1. The molecule has 0 aromatic heterocycles. The molecular formula is C18H15ClNO5P. The van der Waals surface area contributed by atoms with Crippen molar-refractivity contribution in [3.8, 4) is 16.9 Å². The lowest BCUT2D eigenvalue weighted by atomic mass is 9.90. The SMILES string of the molecule is Cc1cc(Cl)ccc1-c1c(C(N)=O)c(OP(=O)(O)O)cc2ccccc12. The van der Waals surface area contributed by atoms with Gasteiger partial charge in [-0.1, -0.05) is 41.9 Å². The Hall–Kier alpha value is -2.37. The number of primary amides is 1. The van der Waals surface area contributed by atoms with E-state index in [-0.39, 0.29) is 11.3 Å². The zero-order chi connectivity index (χ0) is 19.1. The van der Waals surface area contributed by atoms with Crippen LogP contribution in [0, 0.1) is 6.92 Å². The highest BCUT2D eigenvalue weighted by atomic mass is 35.5. The minimum atomic E-state index is -4.89. The number of phosphoric acid groups is 1. The van der Waals surface area contributed by atoms with Crippen molar-refractivity contribution in [1.29, 1.82) is 0 Å². The summed E-state index contributed by atoms with van der Waals surface area (Å²) >= 11 is 6.02. The molecular weight excluding hydrogens is 377 g/mol. The van der Waals surface area contributed by atoms with Gasteiger partial charge >= 0.3 is 7.82 Å². The zero-order valence-corrected chi connectivity index (χ0v) is 15.3. The summed E-state index contributed by atoms with van der Waals surface area (Å²) < 4.78 is 16.1. The molecule has 0 spiro atoms. The van der Waals surface area contributed by atoms with Gasteiger partial charge in [0.15, 0.2) is 0 Å². The molecule has 0 bridgehead atoms. The van der Waals surface area contributed by atoms with Crippen molar-refractivity contribution < 1.29 is 23.7 Å². The number of aryl methyl sites for hydroxylation is 1. The summed E-state index contributed by atoms with van der Waals surface area (Å²) in [5.74, 6) is -1.13. The van der Waals surface area contributed by atoms with E-state index < -0.39 is 13.7 Å². The molecule has 1 amide bonds. The Balaban J connectivity index is 2.47. The van der Waals surface area contributed by atoms with Gasteiger partial charge in [0.1, 0.15) is 5.75 Å². The molecule has 0 unspecified atom stereocenters. The normalized spacial score (nSPS) is 11.5. The summed E-state index contributed by atoms with van der Waals surface area (Å²) in [6, 6.07) is 13.6. The molecule has 0 fully saturated rings. The second-order valence-corrected chi connectivity index (χ2v) is 7.35. The molecule has 26 heavy (non-hydrogen) atoms. The number of halogens is 1. The van der Waals surface area contributed by atoms with Gasteiger partial charge in [-0.2, -0.15) is 0 Å². The first-order valence-corrected chi connectivity index (χ1v) is 9.45. The van der Waals surface area contributed by atoms with Gasteiger partial charge in [-0.3, -0.25) is 14.6 Å². The fourth-order valence-corrected chi connectivity index (χ4v) is 3.58. The van der Waals surface area contributed by atoms with E-state index in [0.717, 1.165) is 5.56 Å². The number of fused-ring (bicyclic) bond motifs is 1. The van der Waals surface area contributed by atoms with Crippen LogP contribution in [0.2, 0.25) is 5.02 Å². The van der Waals surface area contributed by atoms with Crippen molar-refractivity contribution in [2.24, 2.45) is 5.73 Å². The van der Waals surface area contributed by atoms with Crippen LogP contribution >= 0.6 is 19.4 Å². The Bertz CT molecular complexity index is 1080. The maximum Gasteiger partial charge on any atom is 0.524 e. The Labute approximate surface area is 154 Å². The molecule has 3 rings (SSSR count). The van der Waals surface area contributed by atoms with Gasteiger partial charge in [-0.15, -0.1) is 0 Å². The third-order valence-electron chi connectivity index (χ3n) is 3.93. The van der Waals surface area contributed by atoms with Gasteiger partial charge in [0, 0.05) is 10.6 Å². The molecule has 0 aliphatic carbocycles. The zero-order valence-electron chi connectivity index (χ0n) is 13.6. The van der Waals surface area contributed by atoms with Gasteiger partial charge in [0.25, 0.3) is 5.91 Å². The van der Waals surface area contributed by atoms with Gasteiger partial charge in [-0.25, -0.2) is 4.57 Å². The van der Waals surface area contributed by atoms with Crippen LogP contribution in [0.25, 0.3) is 21.9 Å². The fraction of sp³-hybridized carbons (Fsp3) is 0.0556. The lowest BCUT2D eigenvalue weighted by Gasteiger charge is -2.18. The van der Waals surface area contributed by atoms with E-state index in [9.17, 15) is 19.1 Å². The monoisotopic (exact) mass is 391 g/mol. The van der Waals surface area contributed by atoms with Crippen LogP contribution in [0.1, 0.15) is 15.9 Å². The Kier molecular flexibility index (Phi) is 4.78. The molecule has 3 aromatic carbocycles. The molecule has 0 saturated heterocycles. The highest BCUT2D eigenvalue weighted by Crippen LogP contribution is 2.45. The smallest absolute Gasteiger partial charge is 0.403 e. The molecule has 0 aliphatic rings. The Morgan fingerprint density at radius 2 is 1.85 bits per heavy atom. The summed E-state index contributed by atoms with van der Waals surface area (Å²) in [6.45, 7) is 1.82. The first-order valence-electron chi connectivity index (χ1n) is 7.54. The first kappa shape index (κ1) is 18.4. The van der Waals surface area contributed by atoms with Crippen molar-refractivity contribution in [2.45, 2.75) is 6.92 Å². The Morgan fingerprint density at radius 3 is 2.46 bits per heavy atom. The second-order valence-electron chi connectivity index (χ2n) is 5.75. The highest BCUT2D eigenvalue weighted by molar-refractivity contribution is 7.46. The maximum absolute atomic E-state index is 12.2. The van der Waals surface area contributed by atoms with Crippen LogP contribution in [0.3, 0.4) is 0 Å². The number of rotatable bonds is 4. The second kappa shape index (κ2) is 6.74. The van der Waals surface area contributed by atoms with Crippen LogP contribution < -0.4 is 10.3 Å². The number of hydrogen-bond donors (Lipinski definition) is 3. The van der Waals surface area contributed by atoms with Crippen molar-refractivity contribution in [3.05, 3.63) is 64.7 Å². The van der Waals surface area contributed by atoms with Crippen LogP contribution in [-0.2, 0) is 4.57 Å². The molecule has 4 N–H and O–H groups in total. The fourth-order valence-electron chi connectivity index (χ4n) is 2.95. The summed E-state index contributed by atoms with van der Waals surface area (Å²) in [6.07, 6.45) is 0. The minimum absolute atomic E-state index is 0.0996. The van der Waals surface area contributed by atoms with E-state index in [0.29, 0.717) is 26.9 Å². The van der Waals surface area contributed by atoms with E-state index >= 15 is 0 Å². The topological polar surface area (TPSA) is 110 Å². The summed E-state index contributed by atoms with van der Waals surface area (Å²) in [7, 11) is -4.89. The summed E-state index contributed by atoms with van der Waals surface area (Å²) in [5.41, 5.74) is 7.32. The van der Waals surface area contributed by atoms with Crippen molar-refractivity contribution in [3.63, 3.8) is 0 Å². The summed E-state index contributed by atoms with van der Waals surface area (Å²) in [4.78, 5) is 30.6. The van der Waals surface area contributed by atoms with E-state index in [1.807, 2.05) is 6.92 Å².